The second-order valence-electron chi connectivity index (χ2n) is 6.41. The topological polar surface area (TPSA) is 79.9 Å². The van der Waals surface area contributed by atoms with Crippen LogP contribution in [0.15, 0.2) is 42.5 Å². The van der Waals surface area contributed by atoms with Crippen molar-refractivity contribution >= 4 is 23.3 Å². The molecular formula is C20H23N3O4. The van der Waals surface area contributed by atoms with Gasteiger partial charge in [-0.1, -0.05) is 6.07 Å². The van der Waals surface area contributed by atoms with Crippen molar-refractivity contribution in [3.8, 4) is 11.5 Å². The van der Waals surface area contributed by atoms with Crippen molar-refractivity contribution in [2.24, 2.45) is 0 Å². The lowest BCUT2D eigenvalue weighted by Crippen LogP contribution is -2.39. The molecule has 1 aliphatic rings. The van der Waals surface area contributed by atoms with E-state index < -0.39 is 0 Å². The summed E-state index contributed by atoms with van der Waals surface area (Å²) in [6, 6.07) is 12.2. The van der Waals surface area contributed by atoms with Gasteiger partial charge in [0.1, 0.15) is 11.5 Å². The molecule has 1 saturated heterocycles. The van der Waals surface area contributed by atoms with Gasteiger partial charge in [-0.15, -0.1) is 0 Å². The maximum atomic E-state index is 12.4. The lowest BCUT2D eigenvalue weighted by Gasteiger charge is -2.18. The molecule has 2 aromatic carbocycles. The number of hydrogen-bond donors (Lipinski definition) is 2. The number of benzene rings is 2. The molecule has 1 fully saturated rings. The molecule has 0 spiro atoms. The van der Waals surface area contributed by atoms with Crippen LogP contribution >= 0.6 is 0 Å². The van der Waals surface area contributed by atoms with Gasteiger partial charge in [-0.05, 0) is 48.9 Å². The third-order valence-corrected chi connectivity index (χ3v) is 4.45. The van der Waals surface area contributed by atoms with Gasteiger partial charge in [0, 0.05) is 18.7 Å². The molecule has 7 heteroatoms. The number of carbonyl (C=O) groups is 2. The van der Waals surface area contributed by atoms with Crippen molar-refractivity contribution < 1.29 is 19.1 Å². The number of anilines is 2. The van der Waals surface area contributed by atoms with Crippen molar-refractivity contribution in [3.05, 3.63) is 48.0 Å². The Morgan fingerprint density at radius 3 is 2.52 bits per heavy atom. The quantitative estimate of drug-likeness (QED) is 0.849. The molecule has 1 unspecified atom stereocenters. The van der Waals surface area contributed by atoms with Crippen LogP contribution in [0.5, 0.6) is 11.5 Å². The molecule has 0 saturated carbocycles. The number of hydrogen-bond acceptors (Lipinski definition) is 4. The van der Waals surface area contributed by atoms with E-state index in [0.29, 0.717) is 18.0 Å². The Kier molecular flexibility index (Phi) is 5.49. The minimum atomic E-state index is -0.367. The molecule has 1 heterocycles. The van der Waals surface area contributed by atoms with Gasteiger partial charge in [0.05, 0.1) is 25.9 Å². The van der Waals surface area contributed by atoms with E-state index in [0.717, 1.165) is 17.0 Å². The number of methoxy groups -OCH3 is 2. The van der Waals surface area contributed by atoms with Crippen LogP contribution in [0, 0.1) is 6.92 Å². The summed E-state index contributed by atoms with van der Waals surface area (Å²) in [7, 11) is 3.15. The number of aryl methyl sites for hydroxylation is 1. The fourth-order valence-electron chi connectivity index (χ4n) is 3.08. The van der Waals surface area contributed by atoms with Crippen LogP contribution in [-0.4, -0.2) is 38.7 Å². The largest absolute Gasteiger partial charge is 0.497 e. The number of nitrogens with zero attached hydrogens (tertiary/aromatic N) is 1. The molecule has 0 aromatic heterocycles. The van der Waals surface area contributed by atoms with Gasteiger partial charge in [-0.2, -0.15) is 0 Å². The molecule has 27 heavy (non-hydrogen) atoms. The van der Waals surface area contributed by atoms with Crippen LogP contribution < -0.4 is 25.0 Å². The highest BCUT2D eigenvalue weighted by Gasteiger charge is 2.31. The summed E-state index contributed by atoms with van der Waals surface area (Å²) in [5.74, 6) is 1.28. The first kappa shape index (κ1) is 18.6. The summed E-state index contributed by atoms with van der Waals surface area (Å²) >= 11 is 0. The second kappa shape index (κ2) is 7.99. The van der Waals surface area contributed by atoms with Crippen LogP contribution in [0.2, 0.25) is 0 Å². The fraction of sp³-hybridized carbons (Fsp3) is 0.300. The summed E-state index contributed by atoms with van der Waals surface area (Å²) in [5, 5.41) is 5.65. The van der Waals surface area contributed by atoms with Crippen LogP contribution in [0.3, 0.4) is 0 Å². The first-order valence-corrected chi connectivity index (χ1v) is 8.66. The van der Waals surface area contributed by atoms with E-state index in [-0.39, 0.29) is 24.4 Å². The Morgan fingerprint density at radius 1 is 1.11 bits per heavy atom. The number of nitrogens with one attached hydrogen (secondary N) is 2. The molecular weight excluding hydrogens is 346 g/mol. The number of ether oxygens (including phenoxy) is 2. The normalized spacial score (nSPS) is 16.2. The zero-order valence-electron chi connectivity index (χ0n) is 15.6. The summed E-state index contributed by atoms with van der Waals surface area (Å²) in [6.45, 7) is 2.36. The van der Waals surface area contributed by atoms with Crippen molar-refractivity contribution in [2.45, 2.75) is 19.4 Å². The summed E-state index contributed by atoms with van der Waals surface area (Å²) in [4.78, 5) is 26.3. The van der Waals surface area contributed by atoms with E-state index >= 15 is 0 Å². The highest BCUT2D eigenvalue weighted by atomic mass is 16.5. The maximum Gasteiger partial charge on any atom is 0.319 e. The van der Waals surface area contributed by atoms with Crippen LogP contribution in [0.1, 0.15) is 12.0 Å². The smallest absolute Gasteiger partial charge is 0.319 e. The molecule has 1 aliphatic heterocycles. The van der Waals surface area contributed by atoms with Crippen LogP contribution in [-0.2, 0) is 4.79 Å². The monoisotopic (exact) mass is 369 g/mol. The lowest BCUT2D eigenvalue weighted by atomic mass is 10.2. The second-order valence-corrected chi connectivity index (χ2v) is 6.41. The Balaban J connectivity index is 1.62. The molecule has 142 valence electrons. The molecule has 0 radical (unpaired) electrons. The molecule has 3 amide bonds. The van der Waals surface area contributed by atoms with Gasteiger partial charge < -0.3 is 25.0 Å². The molecule has 2 N–H and O–H groups in total. The average Bonchev–Trinajstić information content (AvgIpc) is 3.02. The van der Waals surface area contributed by atoms with Gasteiger partial charge in [-0.3, -0.25) is 4.79 Å². The summed E-state index contributed by atoms with van der Waals surface area (Å²) in [6.07, 6.45) is 0.254. The highest BCUT2D eigenvalue weighted by Crippen LogP contribution is 2.26. The predicted molar refractivity (Wildman–Crippen MR) is 104 cm³/mol. The SMILES string of the molecule is COc1ccc(N2CC(NC(=O)Nc3cc(C)ccc3OC)CC2=O)cc1. The maximum absolute atomic E-state index is 12.4. The zero-order valence-corrected chi connectivity index (χ0v) is 15.6. The first-order valence-electron chi connectivity index (χ1n) is 8.66. The Bertz CT molecular complexity index is 836. The van der Waals surface area contributed by atoms with Crippen molar-refractivity contribution in [2.75, 3.05) is 31.0 Å². The third kappa shape index (κ3) is 4.31. The molecule has 0 bridgehead atoms. The van der Waals surface area contributed by atoms with Gasteiger partial charge in [0.15, 0.2) is 0 Å². The minimum Gasteiger partial charge on any atom is -0.497 e. The third-order valence-electron chi connectivity index (χ3n) is 4.45. The number of rotatable bonds is 5. The minimum absolute atomic E-state index is 0.0291. The van der Waals surface area contributed by atoms with Crippen molar-refractivity contribution in [1.82, 2.24) is 5.32 Å². The van der Waals surface area contributed by atoms with E-state index in [1.807, 2.05) is 31.2 Å². The molecule has 7 nitrogen and oxygen atoms in total. The fourth-order valence-corrected chi connectivity index (χ4v) is 3.08. The van der Waals surface area contributed by atoms with Gasteiger partial charge >= 0.3 is 6.03 Å². The van der Waals surface area contributed by atoms with E-state index in [9.17, 15) is 9.59 Å². The summed E-state index contributed by atoms with van der Waals surface area (Å²) < 4.78 is 10.4. The van der Waals surface area contributed by atoms with Gasteiger partial charge in [0.2, 0.25) is 5.91 Å². The highest BCUT2D eigenvalue weighted by molar-refractivity contribution is 5.98. The Morgan fingerprint density at radius 2 is 1.85 bits per heavy atom. The van der Waals surface area contributed by atoms with Crippen LogP contribution in [0.4, 0.5) is 16.2 Å². The number of urea groups is 1. The van der Waals surface area contributed by atoms with Crippen molar-refractivity contribution in [1.29, 1.82) is 0 Å². The molecule has 0 aliphatic carbocycles. The van der Waals surface area contributed by atoms with Gasteiger partial charge in [0.25, 0.3) is 0 Å². The van der Waals surface area contributed by atoms with Crippen molar-refractivity contribution in [3.63, 3.8) is 0 Å². The van der Waals surface area contributed by atoms with Gasteiger partial charge in [-0.25, -0.2) is 4.79 Å². The zero-order chi connectivity index (χ0) is 19.4. The lowest BCUT2D eigenvalue weighted by molar-refractivity contribution is -0.117. The number of carbonyl (C=O) groups excluding carboxylic acids is 2. The molecule has 1 atom stereocenters. The predicted octanol–water partition coefficient (Wildman–Crippen LogP) is 2.94. The average molecular weight is 369 g/mol. The summed E-state index contributed by atoms with van der Waals surface area (Å²) in [5.41, 5.74) is 2.38. The van der Waals surface area contributed by atoms with E-state index in [1.165, 1.54) is 0 Å². The first-order chi connectivity index (χ1) is 13.0. The molecule has 2 aromatic rings. The van der Waals surface area contributed by atoms with Crippen LogP contribution in [0.25, 0.3) is 0 Å². The Hall–Kier alpha value is -3.22. The van der Waals surface area contributed by atoms with E-state index in [1.54, 1.807) is 37.3 Å². The Labute approximate surface area is 158 Å². The van der Waals surface area contributed by atoms with E-state index in [4.69, 9.17) is 9.47 Å². The standard InChI is InChI=1S/C20H23N3O4/c1-13-4-9-18(27-3)17(10-13)22-20(25)21-14-11-19(24)23(12-14)15-5-7-16(26-2)8-6-15/h4-10,14H,11-12H2,1-3H3,(H2,21,22,25). The van der Waals surface area contributed by atoms with E-state index in [2.05, 4.69) is 10.6 Å². The number of amides is 3. The molecule has 3 rings (SSSR count).